The number of aromatic nitrogens is 2. The van der Waals surface area contributed by atoms with E-state index in [1.54, 1.807) is 30.0 Å². The maximum atomic E-state index is 15.4. The van der Waals surface area contributed by atoms with E-state index in [0.29, 0.717) is 37.3 Å². The second-order valence-corrected chi connectivity index (χ2v) is 8.76. The van der Waals surface area contributed by atoms with Gasteiger partial charge in [-0.1, -0.05) is 0 Å². The fourth-order valence-corrected chi connectivity index (χ4v) is 4.81. The van der Waals surface area contributed by atoms with Gasteiger partial charge in [-0.15, -0.1) is 0 Å². The number of amides is 1. The van der Waals surface area contributed by atoms with E-state index >= 15 is 4.39 Å². The Balaban J connectivity index is 1.54. The van der Waals surface area contributed by atoms with E-state index in [1.807, 2.05) is 0 Å². The van der Waals surface area contributed by atoms with E-state index < -0.39 is 17.0 Å². The minimum atomic E-state index is -1.52. The molecule has 1 saturated heterocycles. The highest BCUT2D eigenvalue weighted by Crippen LogP contribution is 2.53. The van der Waals surface area contributed by atoms with Gasteiger partial charge in [0.05, 0.1) is 5.41 Å². The Morgan fingerprint density at radius 1 is 1.20 bits per heavy atom. The van der Waals surface area contributed by atoms with Crippen LogP contribution in [-0.4, -0.2) is 33.9 Å². The summed E-state index contributed by atoms with van der Waals surface area (Å²) >= 11 is 0. The predicted molar refractivity (Wildman–Crippen MR) is 108 cm³/mol. The number of nitrogens with zero attached hydrogens (tertiary/aromatic N) is 3. The van der Waals surface area contributed by atoms with Gasteiger partial charge in [-0.05, 0) is 69.9 Å². The Morgan fingerprint density at radius 3 is 2.63 bits per heavy atom. The normalized spacial score (nSPS) is 28.9. The number of hydrogen-bond acceptors (Lipinski definition) is 4. The van der Waals surface area contributed by atoms with Crippen molar-refractivity contribution in [3.05, 3.63) is 53.9 Å². The summed E-state index contributed by atoms with van der Waals surface area (Å²) in [6.07, 6.45) is 3.15. The second-order valence-electron chi connectivity index (χ2n) is 8.76. The number of rotatable bonds is 4. The molecule has 2 heterocycles. The van der Waals surface area contributed by atoms with Gasteiger partial charge in [-0.2, -0.15) is 0 Å². The number of alkyl halides is 1. The van der Waals surface area contributed by atoms with E-state index in [2.05, 4.69) is 9.97 Å². The predicted octanol–water partition coefficient (Wildman–Crippen LogP) is 4.45. The van der Waals surface area contributed by atoms with Gasteiger partial charge in [-0.3, -0.25) is 9.59 Å². The molecule has 3 unspecified atom stereocenters. The van der Waals surface area contributed by atoms with Crippen LogP contribution in [0.3, 0.4) is 0 Å². The van der Waals surface area contributed by atoms with Crippen LogP contribution >= 0.6 is 0 Å². The Morgan fingerprint density at radius 2 is 1.93 bits per heavy atom. The van der Waals surface area contributed by atoms with Crippen LogP contribution in [0, 0.1) is 24.1 Å². The first-order chi connectivity index (χ1) is 14.2. The van der Waals surface area contributed by atoms with Gasteiger partial charge in [-0.25, -0.2) is 18.7 Å². The SMILES string of the molecule is Cc1nccc(C(=O)CC2CC3(CCN(c4ccc(F)cc4)C3=O)CCC2(C)F)n1. The Bertz CT molecular complexity index is 977. The van der Waals surface area contributed by atoms with Crippen LogP contribution in [0.5, 0.6) is 0 Å². The molecule has 1 spiro atoms. The number of ketones is 1. The molecule has 1 aromatic heterocycles. The fraction of sp³-hybridized carbons (Fsp3) is 0.478. The summed E-state index contributed by atoms with van der Waals surface area (Å²) < 4.78 is 28.6. The summed E-state index contributed by atoms with van der Waals surface area (Å²) in [5.74, 6) is -0.715. The Kier molecular flexibility index (Phi) is 5.16. The Hall–Kier alpha value is -2.70. The zero-order valence-electron chi connectivity index (χ0n) is 17.2. The van der Waals surface area contributed by atoms with E-state index in [1.165, 1.54) is 25.3 Å². The molecule has 0 bridgehead atoms. The van der Waals surface area contributed by atoms with Crippen molar-refractivity contribution in [2.75, 3.05) is 11.4 Å². The topological polar surface area (TPSA) is 63.2 Å². The number of carbonyl (C=O) groups excluding carboxylic acids is 2. The van der Waals surface area contributed by atoms with Crippen LogP contribution in [0.25, 0.3) is 0 Å². The third-order valence-electron chi connectivity index (χ3n) is 6.73. The number of anilines is 1. The van der Waals surface area contributed by atoms with E-state index in [-0.39, 0.29) is 36.0 Å². The minimum Gasteiger partial charge on any atom is -0.312 e. The zero-order chi connectivity index (χ0) is 21.5. The molecular formula is C23H25F2N3O2. The summed E-state index contributed by atoms with van der Waals surface area (Å²) in [5.41, 5.74) is -1.27. The number of benzene rings is 1. The van der Waals surface area contributed by atoms with Crippen molar-refractivity contribution in [1.82, 2.24) is 9.97 Å². The lowest BCUT2D eigenvalue weighted by molar-refractivity contribution is -0.131. The second kappa shape index (κ2) is 7.52. The number of hydrogen-bond donors (Lipinski definition) is 0. The molecule has 1 aromatic carbocycles. The molecule has 30 heavy (non-hydrogen) atoms. The van der Waals surface area contributed by atoms with Crippen LogP contribution in [0.4, 0.5) is 14.5 Å². The molecule has 0 radical (unpaired) electrons. The first-order valence-electron chi connectivity index (χ1n) is 10.3. The third kappa shape index (κ3) is 3.73. The van der Waals surface area contributed by atoms with Crippen molar-refractivity contribution in [2.45, 2.75) is 51.6 Å². The van der Waals surface area contributed by atoms with Gasteiger partial charge >= 0.3 is 0 Å². The molecule has 1 aliphatic heterocycles. The van der Waals surface area contributed by atoms with Crippen molar-refractivity contribution < 1.29 is 18.4 Å². The highest BCUT2D eigenvalue weighted by Gasteiger charge is 2.55. The molecule has 2 aliphatic rings. The molecule has 4 rings (SSSR count). The van der Waals surface area contributed by atoms with Crippen molar-refractivity contribution in [2.24, 2.45) is 11.3 Å². The molecule has 1 saturated carbocycles. The summed E-state index contributed by atoms with van der Waals surface area (Å²) in [6.45, 7) is 3.74. The maximum absolute atomic E-state index is 15.4. The number of Topliss-reactive ketones (excluding diaryl/α,β-unsaturated/α-hetero) is 1. The molecule has 1 aliphatic carbocycles. The monoisotopic (exact) mass is 413 g/mol. The lowest BCUT2D eigenvalue weighted by Gasteiger charge is -2.43. The van der Waals surface area contributed by atoms with Crippen LogP contribution in [0.1, 0.15) is 55.3 Å². The van der Waals surface area contributed by atoms with Crippen LogP contribution in [-0.2, 0) is 4.79 Å². The lowest BCUT2D eigenvalue weighted by Crippen LogP contribution is -2.46. The van der Waals surface area contributed by atoms with Crippen LogP contribution in [0.15, 0.2) is 36.5 Å². The standard InChI is InChI=1S/C23H25F2N3O2/c1-15-26-11-7-19(27-15)20(29)13-16-14-23(9-8-22(16,2)25)10-12-28(21(23)30)18-5-3-17(24)4-6-18/h3-7,11,16H,8-10,12-14H2,1-2H3. The van der Waals surface area contributed by atoms with Crippen molar-refractivity contribution in [1.29, 1.82) is 0 Å². The molecule has 2 fully saturated rings. The van der Waals surface area contributed by atoms with Gasteiger partial charge in [0.2, 0.25) is 5.91 Å². The highest BCUT2D eigenvalue weighted by atomic mass is 19.1. The summed E-state index contributed by atoms with van der Waals surface area (Å²) in [4.78, 5) is 35.9. The van der Waals surface area contributed by atoms with Crippen molar-refractivity contribution in [3.8, 4) is 0 Å². The minimum absolute atomic E-state index is 0.00896. The largest absolute Gasteiger partial charge is 0.312 e. The molecular weight excluding hydrogens is 388 g/mol. The molecule has 7 heteroatoms. The average Bonchev–Trinajstić information content (AvgIpc) is 3.02. The lowest BCUT2D eigenvalue weighted by atomic mass is 9.62. The maximum Gasteiger partial charge on any atom is 0.233 e. The van der Waals surface area contributed by atoms with Crippen molar-refractivity contribution >= 4 is 17.4 Å². The van der Waals surface area contributed by atoms with Crippen LogP contribution in [0.2, 0.25) is 0 Å². The number of aryl methyl sites for hydroxylation is 1. The molecule has 2 aromatic rings. The number of halogens is 2. The Labute approximate surface area is 174 Å². The first-order valence-corrected chi connectivity index (χ1v) is 10.3. The van der Waals surface area contributed by atoms with E-state index in [4.69, 9.17) is 0 Å². The molecule has 1 amide bonds. The molecule has 158 valence electrons. The van der Waals surface area contributed by atoms with Gasteiger partial charge < -0.3 is 4.90 Å². The van der Waals surface area contributed by atoms with Gasteiger partial charge in [0.25, 0.3) is 0 Å². The van der Waals surface area contributed by atoms with E-state index in [0.717, 1.165) is 0 Å². The quantitative estimate of drug-likeness (QED) is 0.695. The summed E-state index contributed by atoms with van der Waals surface area (Å²) in [5, 5.41) is 0. The highest BCUT2D eigenvalue weighted by molar-refractivity contribution is 6.00. The first kappa shape index (κ1) is 20.6. The van der Waals surface area contributed by atoms with Gasteiger partial charge in [0, 0.05) is 30.8 Å². The van der Waals surface area contributed by atoms with E-state index in [9.17, 15) is 14.0 Å². The molecule has 3 atom stereocenters. The average molecular weight is 413 g/mol. The summed E-state index contributed by atoms with van der Waals surface area (Å²) in [6, 6.07) is 7.39. The van der Waals surface area contributed by atoms with Gasteiger partial charge in [0.1, 0.15) is 23.0 Å². The zero-order valence-corrected chi connectivity index (χ0v) is 17.2. The van der Waals surface area contributed by atoms with Crippen LogP contribution < -0.4 is 4.90 Å². The fourth-order valence-electron chi connectivity index (χ4n) is 4.81. The third-order valence-corrected chi connectivity index (χ3v) is 6.73. The molecule has 5 nitrogen and oxygen atoms in total. The summed E-state index contributed by atoms with van der Waals surface area (Å²) in [7, 11) is 0. The number of carbonyl (C=O) groups is 2. The van der Waals surface area contributed by atoms with Gasteiger partial charge in [0.15, 0.2) is 5.78 Å². The smallest absolute Gasteiger partial charge is 0.233 e. The molecule has 0 N–H and O–H groups in total. The van der Waals surface area contributed by atoms with Crippen molar-refractivity contribution in [3.63, 3.8) is 0 Å².